The monoisotopic (exact) mass is 271 g/mol. The van der Waals surface area contributed by atoms with Gasteiger partial charge in [-0.25, -0.2) is 0 Å². The molecule has 1 atom stereocenters. The molecule has 106 valence electrons. The average Bonchev–Trinajstić information content (AvgIpc) is 2.50. The van der Waals surface area contributed by atoms with Gasteiger partial charge in [-0.15, -0.1) is 0 Å². The molecule has 0 saturated carbocycles. The highest BCUT2D eigenvalue weighted by Gasteiger charge is 2.09. The Hall–Kier alpha value is -2.00. The summed E-state index contributed by atoms with van der Waals surface area (Å²) in [4.78, 5) is 0. The van der Waals surface area contributed by atoms with E-state index in [1.54, 1.807) is 7.11 Å². The Bertz CT molecular complexity index is 520. The van der Waals surface area contributed by atoms with Gasteiger partial charge in [-0.2, -0.15) is 0 Å². The fourth-order valence-electron chi connectivity index (χ4n) is 2.00. The average molecular weight is 271 g/mol. The van der Waals surface area contributed by atoms with E-state index < -0.39 is 0 Å². The molecule has 3 nitrogen and oxygen atoms in total. The van der Waals surface area contributed by atoms with E-state index >= 15 is 0 Å². The lowest BCUT2D eigenvalue weighted by molar-refractivity contribution is 0.272. The van der Waals surface area contributed by atoms with Crippen molar-refractivity contribution in [1.82, 2.24) is 5.32 Å². The van der Waals surface area contributed by atoms with Crippen LogP contribution in [0.5, 0.6) is 11.5 Å². The molecule has 1 unspecified atom stereocenters. The van der Waals surface area contributed by atoms with Crippen molar-refractivity contribution < 1.29 is 9.47 Å². The third-order valence-corrected chi connectivity index (χ3v) is 3.30. The first kappa shape index (κ1) is 14.4. The molecule has 20 heavy (non-hydrogen) atoms. The van der Waals surface area contributed by atoms with Gasteiger partial charge in [0.05, 0.1) is 13.2 Å². The van der Waals surface area contributed by atoms with Crippen LogP contribution in [-0.2, 0) is 0 Å². The molecule has 2 aromatic carbocycles. The third kappa shape index (κ3) is 3.75. The molecule has 0 heterocycles. The van der Waals surface area contributed by atoms with Crippen LogP contribution in [0.15, 0.2) is 48.5 Å². The van der Waals surface area contributed by atoms with Crippen LogP contribution in [0.25, 0.3) is 0 Å². The molecule has 0 saturated heterocycles. The van der Waals surface area contributed by atoms with E-state index in [9.17, 15) is 0 Å². The topological polar surface area (TPSA) is 30.5 Å². The van der Waals surface area contributed by atoms with Crippen LogP contribution in [-0.4, -0.2) is 20.8 Å². The number of rotatable bonds is 6. The first-order valence-electron chi connectivity index (χ1n) is 6.73. The van der Waals surface area contributed by atoms with Gasteiger partial charge >= 0.3 is 0 Å². The van der Waals surface area contributed by atoms with E-state index in [1.165, 1.54) is 11.1 Å². The molecule has 0 aliphatic heterocycles. The van der Waals surface area contributed by atoms with Gasteiger partial charge in [-0.3, -0.25) is 0 Å². The van der Waals surface area contributed by atoms with Crippen LogP contribution in [0.3, 0.4) is 0 Å². The first-order chi connectivity index (χ1) is 9.72. The van der Waals surface area contributed by atoms with Crippen LogP contribution in [0.1, 0.15) is 17.2 Å². The quantitative estimate of drug-likeness (QED) is 0.874. The van der Waals surface area contributed by atoms with Gasteiger partial charge in [0.1, 0.15) is 18.1 Å². The zero-order chi connectivity index (χ0) is 14.4. The summed E-state index contributed by atoms with van der Waals surface area (Å²) in [5.41, 5.74) is 2.49. The first-order valence-corrected chi connectivity index (χ1v) is 6.73. The van der Waals surface area contributed by atoms with Crippen molar-refractivity contribution >= 4 is 0 Å². The minimum atomic E-state index is 0.178. The largest absolute Gasteiger partial charge is 0.497 e. The van der Waals surface area contributed by atoms with Crippen LogP contribution in [0.4, 0.5) is 0 Å². The van der Waals surface area contributed by atoms with E-state index in [0.29, 0.717) is 6.61 Å². The number of hydrogen-bond acceptors (Lipinski definition) is 3. The number of nitrogens with one attached hydrogen (secondary N) is 1. The minimum absolute atomic E-state index is 0.178. The molecule has 2 aromatic rings. The molecule has 2 rings (SSSR count). The van der Waals surface area contributed by atoms with Gasteiger partial charge in [0.25, 0.3) is 0 Å². The summed E-state index contributed by atoms with van der Waals surface area (Å²) in [5, 5.41) is 3.28. The van der Waals surface area contributed by atoms with E-state index in [4.69, 9.17) is 9.47 Å². The number of ether oxygens (including phenoxy) is 2. The van der Waals surface area contributed by atoms with E-state index in [-0.39, 0.29) is 6.04 Å². The minimum Gasteiger partial charge on any atom is -0.497 e. The number of aryl methyl sites for hydroxylation is 1. The Balaban J connectivity index is 1.97. The zero-order valence-corrected chi connectivity index (χ0v) is 12.2. The number of hydrogen-bond donors (Lipinski definition) is 1. The molecule has 0 amide bonds. The Kier molecular flexibility index (Phi) is 5.02. The molecule has 0 aliphatic carbocycles. The van der Waals surface area contributed by atoms with Crippen molar-refractivity contribution in [2.45, 2.75) is 13.0 Å². The van der Waals surface area contributed by atoms with Gasteiger partial charge in [-0.1, -0.05) is 29.8 Å². The van der Waals surface area contributed by atoms with Crippen molar-refractivity contribution in [2.75, 3.05) is 20.8 Å². The Morgan fingerprint density at radius 2 is 1.55 bits per heavy atom. The molecule has 0 bridgehead atoms. The SMILES string of the molecule is CNC(COc1ccc(OC)cc1)c1ccc(C)cc1. The number of benzene rings is 2. The van der Waals surface area contributed by atoms with Crippen LogP contribution in [0.2, 0.25) is 0 Å². The van der Waals surface area contributed by atoms with Crippen molar-refractivity contribution in [2.24, 2.45) is 0 Å². The summed E-state index contributed by atoms with van der Waals surface area (Å²) in [6, 6.07) is 16.3. The summed E-state index contributed by atoms with van der Waals surface area (Å²) < 4.78 is 11.0. The van der Waals surface area contributed by atoms with Crippen LogP contribution in [0, 0.1) is 6.92 Å². The molecular weight excluding hydrogens is 250 g/mol. The fraction of sp³-hybridized carbons (Fsp3) is 0.294. The third-order valence-electron chi connectivity index (χ3n) is 3.30. The predicted octanol–water partition coefficient (Wildman–Crippen LogP) is 3.34. The summed E-state index contributed by atoms with van der Waals surface area (Å²) >= 11 is 0. The summed E-state index contributed by atoms with van der Waals surface area (Å²) in [6.45, 7) is 2.68. The highest BCUT2D eigenvalue weighted by atomic mass is 16.5. The molecule has 3 heteroatoms. The van der Waals surface area contributed by atoms with E-state index in [0.717, 1.165) is 11.5 Å². The Labute approximate surface area is 120 Å². The molecule has 0 radical (unpaired) electrons. The Morgan fingerprint density at radius 3 is 2.10 bits per heavy atom. The maximum Gasteiger partial charge on any atom is 0.119 e. The second kappa shape index (κ2) is 6.96. The summed E-state index contributed by atoms with van der Waals surface area (Å²) in [5.74, 6) is 1.68. The number of methoxy groups -OCH3 is 1. The summed E-state index contributed by atoms with van der Waals surface area (Å²) in [7, 11) is 3.60. The maximum absolute atomic E-state index is 5.83. The molecule has 0 fully saturated rings. The summed E-state index contributed by atoms with van der Waals surface area (Å²) in [6.07, 6.45) is 0. The lowest BCUT2D eigenvalue weighted by Gasteiger charge is -2.18. The van der Waals surface area contributed by atoms with Crippen LogP contribution >= 0.6 is 0 Å². The van der Waals surface area contributed by atoms with Gasteiger partial charge < -0.3 is 14.8 Å². The van der Waals surface area contributed by atoms with Gasteiger partial charge in [0.2, 0.25) is 0 Å². The zero-order valence-electron chi connectivity index (χ0n) is 12.2. The fourth-order valence-corrected chi connectivity index (χ4v) is 2.00. The Morgan fingerprint density at radius 1 is 0.950 bits per heavy atom. The molecular formula is C17H21NO2. The molecule has 1 N–H and O–H groups in total. The van der Waals surface area contributed by atoms with Gasteiger partial charge in [-0.05, 0) is 43.8 Å². The lowest BCUT2D eigenvalue weighted by atomic mass is 10.1. The molecule has 0 aliphatic rings. The normalized spacial score (nSPS) is 11.9. The highest BCUT2D eigenvalue weighted by Crippen LogP contribution is 2.19. The van der Waals surface area contributed by atoms with Crippen LogP contribution < -0.4 is 14.8 Å². The molecule has 0 spiro atoms. The standard InChI is InChI=1S/C17H21NO2/c1-13-4-6-14(7-5-13)17(18-2)12-20-16-10-8-15(19-3)9-11-16/h4-11,17-18H,12H2,1-3H3. The predicted molar refractivity (Wildman–Crippen MR) is 81.5 cm³/mol. The van der Waals surface area contributed by atoms with Crippen molar-refractivity contribution in [3.63, 3.8) is 0 Å². The maximum atomic E-state index is 5.83. The van der Waals surface area contributed by atoms with E-state index in [1.807, 2.05) is 31.3 Å². The van der Waals surface area contributed by atoms with Gasteiger partial charge in [0.15, 0.2) is 0 Å². The van der Waals surface area contributed by atoms with Crippen molar-refractivity contribution in [3.05, 3.63) is 59.7 Å². The highest BCUT2D eigenvalue weighted by molar-refractivity contribution is 5.31. The van der Waals surface area contributed by atoms with Gasteiger partial charge in [0, 0.05) is 0 Å². The van der Waals surface area contributed by atoms with Crippen molar-refractivity contribution in [1.29, 1.82) is 0 Å². The smallest absolute Gasteiger partial charge is 0.119 e. The second-order valence-corrected chi connectivity index (χ2v) is 4.74. The van der Waals surface area contributed by atoms with Crippen molar-refractivity contribution in [3.8, 4) is 11.5 Å². The van der Waals surface area contributed by atoms with E-state index in [2.05, 4.69) is 36.5 Å². The molecule has 0 aromatic heterocycles. The number of likely N-dealkylation sites (N-methyl/N-ethyl adjacent to an activating group) is 1. The second-order valence-electron chi connectivity index (χ2n) is 4.74. The lowest BCUT2D eigenvalue weighted by Crippen LogP contribution is -2.23.